The predicted molar refractivity (Wildman–Crippen MR) is 212 cm³/mol. The van der Waals surface area contributed by atoms with Gasteiger partial charge in [-0.2, -0.15) is 0 Å². The summed E-state index contributed by atoms with van der Waals surface area (Å²) in [4.78, 5) is 2.35. The van der Waals surface area contributed by atoms with Gasteiger partial charge >= 0.3 is 0 Å². The zero-order valence-electron chi connectivity index (χ0n) is 27.7. The number of nitrogens with zero attached hydrogens (tertiary/aromatic N) is 1. The van der Waals surface area contributed by atoms with Gasteiger partial charge in [0.25, 0.3) is 0 Å². The van der Waals surface area contributed by atoms with E-state index in [9.17, 15) is 0 Å². The minimum Gasteiger partial charge on any atom is -0.456 e. The normalized spacial score (nSPS) is 11.5. The van der Waals surface area contributed by atoms with Crippen LogP contribution in [0.2, 0.25) is 0 Å². The molecule has 240 valence electrons. The molecule has 3 nitrogen and oxygen atoms in total. The first-order chi connectivity index (χ1) is 25.3. The Kier molecular flexibility index (Phi) is 6.81. The third kappa shape index (κ3) is 4.90. The van der Waals surface area contributed by atoms with Crippen molar-refractivity contribution in [2.45, 2.75) is 0 Å². The molecule has 2 heterocycles. The van der Waals surface area contributed by atoms with Gasteiger partial charge in [0.2, 0.25) is 0 Å². The van der Waals surface area contributed by atoms with Crippen LogP contribution in [0, 0.1) is 0 Å². The Bertz CT molecular complexity index is 2830. The molecule has 8 aromatic carbocycles. The van der Waals surface area contributed by atoms with Crippen molar-refractivity contribution in [1.29, 1.82) is 0 Å². The second-order valence-electron chi connectivity index (χ2n) is 12.9. The summed E-state index contributed by atoms with van der Waals surface area (Å²) in [5.41, 5.74) is 13.6. The Hall–Kier alpha value is -6.84. The quantitative estimate of drug-likeness (QED) is 0.179. The highest BCUT2D eigenvalue weighted by molar-refractivity contribution is 6.24. The molecule has 0 aliphatic rings. The average molecular weight is 654 g/mol. The SMILES string of the molecule is c1ccc(-c2ccc(N(c3ccc(-c4cccc5oc6ccc7c8ccccc8oc7c6c45)cc3)c3ccccc3-c3ccccc3)cc2)cc1. The van der Waals surface area contributed by atoms with Crippen LogP contribution in [-0.4, -0.2) is 0 Å². The first kappa shape index (κ1) is 29.1. The van der Waals surface area contributed by atoms with Gasteiger partial charge < -0.3 is 13.7 Å². The van der Waals surface area contributed by atoms with Crippen molar-refractivity contribution in [3.05, 3.63) is 188 Å². The fourth-order valence-corrected chi connectivity index (χ4v) is 7.51. The van der Waals surface area contributed by atoms with Gasteiger partial charge in [0.05, 0.1) is 11.1 Å². The molecule has 10 rings (SSSR count). The van der Waals surface area contributed by atoms with E-state index in [-0.39, 0.29) is 0 Å². The van der Waals surface area contributed by atoms with E-state index in [1.165, 1.54) is 22.3 Å². The second kappa shape index (κ2) is 11.9. The summed E-state index contributed by atoms with van der Waals surface area (Å²) < 4.78 is 12.9. The van der Waals surface area contributed by atoms with E-state index in [4.69, 9.17) is 8.83 Å². The van der Waals surface area contributed by atoms with Crippen molar-refractivity contribution >= 4 is 60.9 Å². The summed E-state index contributed by atoms with van der Waals surface area (Å²) in [6, 6.07) is 66.2. The topological polar surface area (TPSA) is 29.5 Å². The zero-order valence-corrected chi connectivity index (χ0v) is 27.7. The van der Waals surface area contributed by atoms with Crippen LogP contribution in [0.4, 0.5) is 17.1 Å². The van der Waals surface area contributed by atoms with Gasteiger partial charge in [0.1, 0.15) is 22.3 Å². The third-order valence-electron chi connectivity index (χ3n) is 9.90. The van der Waals surface area contributed by atoms with Gasteiger partial charge in [-0.15, -0.1) is 0 Å². The molecule has 0 radical (unpaired) electrons. The molecule has 0 saturated heterocycles. The van der Waals surface area contributed by atoms with E-state index in [2.05, 4.69) is 175 Å². The molecule has 0 fully saturated rings. The lowest BCUT2D eigenvalue weighted by Gasteiger charge is -2.28. The number of benzene rings is 8. The number of rotatable bonds is 6. The molecule has 0 aliphatic carbocycles. The van der Waals surface area contributed by atoms with Crippen molar-refractivity contribution in [1.82, 2.24) is 0 Å². The molecule has 51 heavy (non-hydrogen) atoms. The lowest BCUT2D eigenvalue weighted by Crippen LogP contribution is -2.11. The smallest absolute Gasteiger partial charge is 0.147 e. The highest BCUT2D eigenvalue weighted by atomic mass is 16.3. The zero-order chi connectivity index (χ0) is 33.7. The minimum absolute atomic E-state index is 0.822. The van der Waals surface area contributed by atoms with Gasteiger partial charge in [-0.25, -0.2) is 0 Å². The van der Waals surface area contributed by atoms with E-state index in [0.29, 0.717) is 0 Å². The van der Waals surface area contributed by atoms with Crippen LogP contribution in [0.25, 0.3) is 77.3 Å². The van der Waals surface area contributed by atoms with Crippen LogP contribution in [0.15, 0.2) is 197 Å². The number of para-hydroxylation sites is 2. The van der Waals surface area contributed by atoms with E-state index in [1.54, 1.807) is 0 Å². The maximum atomic E-state index is 6.49. The summed E-state index contributed by atoms with van der Waals surface area (Å²) in [6.45, 7) is 0. The van der Waals surface area contributed by atoms with Crippen LogP contribution in [0.3, 0.4) is 0 Å². The van der Waals surface area contributed by atoms with Crippen LogP contribution in [0.5, 0.6) is 0 Å². The first-order valence-corrected chi connectivity index (χ1v) is 17.3. The Balaban J connectivity index is 1.13. The monoisotopic (exact) mass is 653 g/mol. The van der Waals surface area contributed by atoms with Gasteiger partial charge in [-0.1, -0.05) is 133 Å². The standard InChI is InChI=1S/C48H31NO2/c1-3-12-32(13-4-1)33-22-26-36(27-23-33)49(42-19-9-7-16-38(42)34-14-5-2-6-15-34)37-28-24-35(25-29-37)39-18-11-21-44-46(39)47-45(50-44)31-30-41-40-17-8-10-20-43(40)51-48(41)47/h1-31H. The number of anilines is 3. The fourth-order valence-electron chi connectivity index (χ4n) is 7.51. The second-order valence-corrected chi connectivity index (χ2v) is 12.9. The van der Waals surface area contributed by atoms with Crippen molar-refractivity contribution < 1.29 is 8.83 Å². The fraction of sp³-hybridized carbons (Fsp3) is 0. The van der Waals surface area contributed by atoms with Crippen molar-refractivity contribution in [3.63, 3.8) is 0 Å². The molecule has 0 unspecified atom stereocenters. The van der Waals surface area contributed by atoms with Crippen molar-refractivity contribution in [3.8, 4) is 33.4 Å². The molecule has 0 amide bonds. The molecule has 0 spiro atoms. The van der Waals surface area contributed by atoms with Crippen LogP contribution in [0.1, 0.15) is 0 Å². The lowest BCUT2D eigenvalue weighted by molar-refractivity contribution is 0.663. The molecule has 2 aromatic heterocycles. The number of furan rings is 2. The molecule has 10 aromatic rings. The highest BCUT2D eigenvalue weighted by Gasteiger charge is 2.20. The minimum atomic E-state index is 0.822. The molecule has 3 heteroatoms. The summed E-state index contributed by atoms with van der Waals surface area (Å²) in [7, 11) is 0. The van der Waals surface area contributed by atoms with Crippen LogP contribution >= 0.6 is 0 Å². The van der Waals surface area contributed by atoms with Crippen molar-refractivity contribution in [2.75, 3.05) is 4.90 Å². The summed E-state index contributed by atoms with van der Waals surface area (Å²) in [6.07, 6.45) is 0. The Morgan fingerprint density at radius 1 is 0.314 bits per heavy atom. The third-order valence-corrected chi connectivity index (χ3v) is 9.90. The average Bonchev–Trinajstić information content (AvgIpc) is 3.78. The summed E-state index contributed by atoms with van der Waals surface area (Å²) in [5, 5.41) is 4.28. The number of fused-ring (bicyclic) bond motifs is 7. The molecule has 0 saturated carbocycles. The largest absolute Gasteiger partial charge is 0.456 e. The predicted octanol–water partition coefficient (Wildman–Crippen LogP) is 14.0. The molecule has 0 aliphatic heterocycles. The van der Waals surface area contributed by atoms with Gasteiger partial charge in [0, 0.05) is 33.1 Å². The molecule has 0 N–H and O–H groups in total. The number of hydrogen-bond donors (Lipinski definition) is 0. The van der Waals surface area contributed by atoms with E-state index in [0.717, 1.165) is 72.1 Å². The molecular formula is C48H31NO2. The molecule has 0 bridgehead atoms. The molecular weight excluding hydrogens is 623 g/mol. The van der Waals surface area contributed by atoms with Gasteiger partial charge in [0.15, 0.2) is 0 Å². The van der Waals surface area contributed by atoms with Crippen LogP contribution < -0.4 is 4.90 Å². The maximum absolute atomic E-state index is 6.49. The summed E-state index contributed by atoms with van der Waals surface area (Å²) >= 11 is 0. The Labute approximate surface area is 295 Å². The molecule has 0 atom stereocenters. The van der Waals surface area contributed by atoms with Gasteiger partial charge in [-0.3, -0.25) is 0 Å². The first-order valence-electron chi connectivity index (χ1n) is 17.3. The van der Waals surface area contributed by atoms with Gasteiger partial charge in [-0.05, 0) is 82.4 Å². The Morgan fingerprint density at radius 2 is 0.863 bits per heavy atom. The number of hydrogen-bond acceptors (Lipinski definition) is 3. The maximum Gasteiger partial charge on any atom is 0.147 e. The van der Waals surface area contributed by atoms with Crippen LogP contribution in [-0.2, 0) is 0 Å². The van der Waals surface area contributed by atoms with E-state index >= 15 is 0 Å². The lowest BCUT2D eigenvalue weighted by atomic mass is 9.97. The summed E-state index contributed by atoms with van der Waals surface area (Å²) in [5.74, 6) is 0. The van der Waals surface area contributed by atoms with E-state index in [1.807, 2.05) is 18.2 Å². The Morgan fingerprint density at radius 3 is 1.63 bits per heavy atom. The highest BCUT2D eigenvalue weighted by Crippen LogP contribution is 2.45. The van der Waals surface area contributed by atoms with E-state index < -0.39 is 0 Å². The van der Waals surface area contributed by atoms with Crippen molar-refractivity contribution in [2.24, 2.45) is 0 Å².